The zero-order valence-corrected chi connectivity index (χ0v) is 24.6. The number of ether oxygens (including phenoxy) is 4. The Hall–Kier alpha value is -4.34. The summed E-state index contributed by atoms with van der Waals surface area (Å²) < 4.78 is 25.6. The minimum Gasteiger partial charge on any atom is -0.375 e. The van der Waals surface area contributed by atoms with Crippen molar-refractivity contribution in [3.8, 4) is 0 Å². The normalized spacial score (nSPS) is 20.0. The van der Waals surface area contributed by atoms with E-state index in [1.54, 1.807) is 0 Å². The number of carbonyl (C=O) groups is 2. The monoisotopic (exact) mass is 594 g/mol. The van der Waals surface area contributed by atoms with Crippen molar-refractivity contribution in [3.63, 3.8) is 0 Å². The van der Waals surface area contributed by atoms with Crippen LogP contribution in [0.25, 0.3) is 0 Å². The van der Waals surface area contributed by atoms with Gasteiger partial charge < -0.3 is 29.6 Å². The average molecular weight is 595 g/mol. The highest BCUT2D eigenvalue weighted by atomic mass is 16.6. The predicted molar refractivity (Wildman–Crippen MR) is 166 cm³/mol. The third-order valence-electron chi connectivity index (χ3n) is 7.50. The van der Waals surface area contributed by atoms with Crippen LogP contribution in [0.15, 0.2) is 121 Å². The molecule has 0 unspecified atom stereocenters. The topological polar surface area (TPSA) is 100 Å². The molecule has 44 heavy (non-hydrogen) atoms. The summed E-state index contributed by atoms with van der Waals surface area (Å²) in [6, 6.07) is 38.2. The fourth-order valence-corrected chi connectivity index (χ4v) is 5.30. The molecular weight excluding hydrogens is 556 g/mol. The molecule has 1 heterocycles. The summed E-state index contributed by atoms with van der Waals surface area (Å²) in [5, 5.41) is 0. The number of benzene rings is 4. The first kappa shape index (κ1) is 31.1. The Morgan fingerprint density at radius 3 is 1.45 bits per heavy atom. The Morgan fingerprint density at radius 2 is 1.00 bits per heavy atom. The highest BCUT2D eigenvalue weighted by Crippen LogP contribution is 2.30. The molecule has 5 rings (SSSR count). The minimum absolute atomic E-state index is 0.101. The second-order valence-electron chi connectivity index (χ2n) is 10.7. The van der Waals surface area contributed by atoms with Gasteiger partial charge in [0.25, 0.3) is 5.91 Å². The average Bonchev–Trinajstić information content (AvgIpc) is 3.06. The molecule has 4 aromatic rings. The first-order valence-corrected chi connectivity index (χ1v) is 14.8. The molecule has 4 atom stereocenters. The van der Waals surface area contributed by atoms with E-state index in [0.717, 1.165) is 22.3 Å². The molecule has 2 N–H and O–H groups in total. The maximum absolute atomic E-state index is 14.2. The molecule has 0 radical (unpaired) electrons. The quantitative estimate of drug-likeness (QED) is 0.215. The number of primary amides is 1. The number of nitrogens with two attached hydrogens (primary N) is 1. The molecule has 2 amide bonds. The van der Waals surface area contributed by atoms with Crippen molar-refractivity contribution < 1.29 is 28.5 Å². The van der Waals surface area contributed by atoms with Gasteiger partial charge in [-0.2, -0.15) is 0 Å². The van der Waals surface area contributed by atoms with Gasteiger partial charge in [0.05, 0.1) is 45.6 Å². The summed E-state index contributed by atoms with van der Waals surface area (Å²) in [5.74, 6) is -1.04. The van der Waals surface area contributed by atoms with E-state index >= 15 is 0 Å². The zero-order valence-electron chi connectivity index (χ0n) is 24.6. The molecule has 4 aromatic carbocycles. The standard InChI is InChI=1S/C36H38N2O6/c37-32(39)21-38-31(26-41-22-27-13-5-1-6-14-27)33(42-23-28-15-7-2-8-16-28)34(43-24-29-17-9-3-10-18-29)35(36(38)40)44-25-30-19-11-4-12-20-30/h1-20,31,33-35H,21-26H2,(H2,37,39)/t31-,33-,34+,35-/m1/s1. The predicted octanol–water partition coefficient (Wildman–Crippen LogP) is 4.66. The number of amides is 2. The molecule has 8 nitrogen and oxygen atoms in total. The van der Waals surface area contributed by atoms with Crippen molar-refractivity contribution in [2.24, 2.45) is 5.73 Å². The van der Waals surface area contributed by atoms with Gasteiger partial charge in [-0.05, 0) is 22.3 Å². The van der Waals surface area contributed by atoms with Crippen molar-refractivity contribution in [2.75, 3.05) is 13.2 Å². The third-order valence-corrected chi connectivity index (χ3v) is 7.50. The van der Waals surface area contributed by atoms with Crippen LogP contribution in [-0.2, 0) is 55.0 Å². The Morgan fingerprint density at radius 1 is 0.591 bits per heavy atom. The van der Waals surface area contributed by atoms with Gasteiger partial charge in [-0.3, -0.25) is 9.59 Å². The van der Waals surface area contributed by atoms with E-state index in [4.69, 9.17) is 24.7 Å². The van der Waals surface area contributed by atoms with E-state index in [1.807, 2.05) is 121 Å². The van der Waals surface area contributed by atoms with Gasteiger partial charge in [0.2, 0.25) is 5.91 Å². The van der Waals surface area contributed by atoms with E-state index < -0.39 is 36.2 Å². The summed E-state index contributed by atoms with van der Waals surface area (Å²) in [5.41, 5.74) is 9.46. The zero-order chi connectivity index (χ0) is 30.6. The summed E-state index contributed by atoms with van der Waals surface area (Å²) in [4.78, 5) is 27.9. The van der Waals surface area contributed by atoms with Gasteiger partial charge in [-0.15, -0.1) is 0 Å². The number of likely N-dealkylation sites (tertiary alicyclic amines) is 1. The number of hydrogen-bond acceptors (Lipinski definition) is 6. The number of nitrogens with zero attached hydrogens (tertiary/aromatic N) is 1. The lowest BCUT2D eigenvalue weighted by Gasteiger charge is -2.47. The molecule has 228 valence electrons. The van der Waals surface area contributed by atoms with E-state index in [9.17, 15) is 9.59 Å². The van der Waals surface area contributed by atoms with Crippen LogP contribution in [0.3, 0.4) is 0 Å². The van der Waals surface area contributed by atoms with Crippen LogP contribution < -0.4 is 5.73 Å². The van der Waals surface area contributed by atoms with Crippen LogP contribution in [0.1, 0.15) is 22.3 Å². The molecule has 1 aliphatic heterocycles. The fourth-order valence-electron chi connectivity index (χ4n) is 5.30. The van der Waals surface area contributed by atoms with Crippen LogP contribution in [-0.4, -0.2) is 54.2 Å². The van der Waals surface area contributed by atoms with Crippen LogP contribution in [0.5, 0.6) is 0 Å². The van der Waals surface area contributed by atoms with Crippen LogP contribution in [0, 0.1) is 0 Å². The number of rotatable bonds is 15. The molecule has 1 saturated heterocycles. The van der Waals surface area contributed by atoms with Gasteiger partial charge in [-0.25, -0.2) is 0 Å². The Bertz CT molecular complexity index is 1440. The van der Waals surface area contributed by atoms with Gasteiger partial charge in [0.1, 0.15) is 12.2 Å². The molecule has 0 saturated carbocycles. The Kier molecular flexibility index (Phi) is 11.3. The van der Waals surface area contributed by atoms with Crippen LogP contribution in [0.4, 0.5) is 0 Å². The lowest BCUT2D eigenvalue weighted by Crippen LogP contribution is -2.68. The highest BCUT2D eigenvalue weighted by Gasteiger charge is 2.51. The van der Waals surface area contributed by atoms with Gasteiger partial charge in [0.15, 0.2) is 6.10 Å². The van der Waals surface area contributed by atoms with Crippen molar-refractivity contribution in [2.45, 2.75) is 50.8 Å². The fraction of sp³-hybridized carbons (Fsp3) is 0.278. The highest BCUT2D eigenvalue weighted by molar-refractivity contribution is 5.88. The molecule has 8 heteroatoms. The van der Waals surface area contributed by atoms with Crippen molar-refractivity contribution >= 4 is 11.8 Å². The summed E-state index contributed by atoms with van der Waals surface area (Å²) in [6.07, 6.45) is -2.55. The summed E-state index contributed by atoms with van der Waals surface area (Å²) >= 11 is 0. The molecule has 0 aliphatic carbocycles. The van der Waals surface area contributed by atoms with Crippen molar-refractivity contribution in [1.29, 1.82) is 0 Å². The second-order valence-corrected chi connectivity index (χ2v) is 10.7. The van der Waals surface area contributed by atoms with E-state index in [-0.39, 0.29) is 33.0 Å². The number of hydrogen-bond donors (Lipinski definition) is 1. The smallest absolute Gasteiger partial charge is 0.255 e. The van der Waals surface area contributed by atoms with Gasteiger partial charge >= 0.3 is 0 Å². The van der Waals surface area contributed by atoms with Gasteiger partial charge in [0, 0.05) is 0 Å². The number of piperidine rings is 1. The maximum Gasteiger partial charge on any atom is 0.255 e. The molecule has 0 aromatic heterocycles. The van der Waals surface area contributed by atoms with Gasteiger partial charge in [-0.1, -0.05) is 121 Å². The first-order valence-electron chi connectivity index (χ1n) is 14.8. The molecule has 1 aliphatic rings. The van der Waals surface area contributed by atoms with Crippen molar-refractivity contribution in [1.82, 2.24) is 4.90 Å². The van der Waals surface area contributed by atoms with E-state index in [0.29, 0.717) is 6.61 Å². The molecular formula is C36H38N2O6. The third kappa shape index (κ3) is 8.61. The lowest BCUT2D eigenvalue weighted by molar-refractivity contribution is -0.213. The largest absolute Gasteiger partial charge is 0.375 e. The van der Waals surface area contributed by atoms with Crippen LogP contribution >= 0.6 is 0 Å². The molecule has 1 fully saturated rings. The number of carbonyl (C=O) groups excluding carboxylic acids is 2. The SMILES string of the molecule is NC(=O)CN1C(=O)[C@H](OCc2ccccc2)[C@@H](OCc2ccccc2)[C@H](OCc2ccccc2)[C@H]1COCc1ccccc1. The van der Waals surface area contributed by atoms with E-state index in [1.165, 1.54) is 4.90 Å². The molecule has 0 bridgehead atoms. The summed E-state index contributed by atoms with van der Waals surface area (Å²) in [7, 11) is 0. The second kappa shape index (κ2) is 15.9. The minimum atomic E-state index is -1.05. The first-order chi connectivity index (χ1) is 21.6. The Labute approximate surface area is 258 Å². The van der Waals surface area contributed by atoms with E-state index in [2.05, 4.69) is 0 Å². The Balaban J connectivity index is 1.47. The van der Waals surface area contributed by atoms with Crippen molar-refractivity contribution in [3.05, 3.63) is 144 Å². The molecule has 0 spiro atoms. The summed E-state index contributed by atoms with van der Waals surface area (Å²) in [6.45, 7) is 0.792. The lowest BCUT2D eigenvalue weighted by atomic mass is 9.92. The van der Waals surface area contributed by atoms with Crippen LogP contribution in [0.2, 0.25) is 0 Å². The maximum atomic E-state index is 14.2.